The van der Waals surface area contributed by atoms with Gasteiger partial charge in [-0.3, -0.25) is 0 Å². The molecule has 0 unspecified atom stereocenters. The Morgan fingerprint density at radius 2 is 1.36 bits per heavy atom. The molecule has 0 aliphatic heterocycles. The summed E-state index contributed by atoms with van der Waals surface area (Å²) in [4.78, 5) is 7.58. The first kappa shape index (κ1) is 23.6. The lowest BCUT2D eigenvalue weighted by Gasteiger charge is -2.11. The number of rotatable bonds is 4. The molecule has 0 saturated heterocycles. The third-order valence-electron chi connectivity index (χ3n) is 2.49. The maximum Gasteiger partial charge on any atom is 0.512 e. The van der Waals surface area contributed by atoms with Crippen molar-refractivity contribution in [2.45, 2.75) is 44.6 Å². The van der Waals surface area contributed by atoms with Crippen molar-refractivity contribution in [3.8, 4) is 0 Å². The number of H-pyrrole nitrogens is 1. The molecule has 0 amide bonds. The van der Waals surface area contributed by atoms with Crippen LogP contribution in [0.5, 0.6) is 0 Å². The van der Waals surface area contributed by atoms with Crippen molar-refractivity contribution in [1.82, 2.24) is 14.1 Å². The van der Waals surface area contributed by atoms with Gasteiger partial charge in [0.05, 0.1) is 5.69 Å². The van der Waals surface area contributed by atoms with E-state index in [4.69, 9.17) is 0 Å². The molecule has 0 aromatic carbocycles. The summed E-state index contributed by atoms with van der Waals surface area (Å²) in [5.41, 5.74) is -9.97. The largest absolute Gasteiger partial charge is 0.512 e. The minimum atomic E-state index is -6.60. The molecule has 2 N–H and O–H groups in total. The van der Waals surface area contributed by atoms with Gasteiger partial charge in [-0.15, -0.1) is 0 Å². The Morgan fingerprint density at radius 1 is 0.960 bits per heavy atom. The van der Waals surface area contributed by atoms with Crippen LogP contribution in [-0.2, 0) is 26.5 Å². The van der Waals surface area contributed by atoms with Crippen LogP contribution in [0.2, 0.25) is 0 Å². The molecule has 15 heteroatoms. The lowest BCUT2D eigenvalue weighted by Crippen LogP contribution is -2.45. The second-order valence-corrected chi connectivity index (χ2v) is 8.23. The highest BCUT2D eigenvalue weighted by Crippen LogP contribution is 2.27. The van der Waals surface area contributed by atoms with Gasteiger partial charge in [0.1, 0.15) is 5.82 Å². The van der Waals surface area contributed by atoms with Gasteiger partial charge in [-0.25, -0.2) is 21.8 Å². The maximum atomic E-state index is 11.5. The van der Waals surface area contributed by atoms with Crippen LogP contribution in [0.3, 0.4) is 0 Å². The van der Waals surface area contributed by atoms with E-state index in [2.05, 4.69) is 23.8 Å². The van der Waals surface area contributed by atoms with E-state index in [1.807, 2.05) is 6.92 Å². The van der Waals surface area contributed by atoms with Gasteiger partial charge in [0.2, 0.25) is 0 Å². The average Bonchev–Trinajstić information content (AvgIpc) is 2.65. The second-order valence-electron chi connectivity index (χ2n) is 4.63. The number of nitrogens with zero attached hydrogens (tertiary/aromatic N) is 1. The molecule has 25 heavy (non-hydrogen) atoms. The molecule has 148 valence electrons. The highest BCUT2D eigenvalue weighted by molar-refractivity contribution is 8.05. The van der Waals surface area contributed by atoms with Crippen molar-refractivity contribution in [2.75, 3.05) is 0 Å². The number of halogens is 6. The van der Waals surface area contributed by atoms with Crippen LogP contribution in [0.4, 0.5) is 26.3 Å². The maximum absolute atomic E-state index is 11.5. The minimum Gasteiger partial charge on any atom is -0.346 e. The summed E-state index contributed by atoms with van der Waals surface area (Å²) in [5, 5.41) is 0. The highest BCUT2D eigenvalue weighted by atomic mass is 32.3. The molecular formula is C10H15F6N3O4S2. The van der Waals surface area contributed by atoms with Crippen molar-refractivity contribution in [3.63, 3.8) is 0 Å². The molecule has 0 aliphatic carbocycles. The Kier molecular flexibility index (Phi) is 7.48. The fourth-order valence-corrected chi connectivity index (χ4v) is 3.13. The first-order valence-electron chi connectivity index (χ1n) is 6.37. The fraction of sp³-hybridized carbons (Fsp3) is 0.700. The van der Waals surface area contributed by atoms with Crippen molar-refractivity contribution in [2.24, 2.45) is 0 Å². The molecule has 0 radical (unpaired) electrons. The molecule has 1 aromatic rings. The number of hydrogen-bond acceptors (Lipinski definition) is 5. The predicted molar refractivity (Wildman–Crippen MR) is 75.1 cm³/mol. The summed E-state index contributed by atoms with van der Waals surface area (Å²) in [7, 11) is -13.2. The van der Waals surface area contributed by atoms with Crippen LogP contribution in [0.15, 0.2) is 0 Å². The fourth-order valence-electron chi connectivity index (χ4n) is 1.22. The van der Waals surface area contributed by atoms with Gasteiger partial charge in [-0.2, -0.15) is 26.3 Å². The molecule has 1 heterocycles. The Bertz CT molecular complexity index is 719. The quantitative estimate of drug-likeness (QED) is 0.728. The van der Waals surface area contributed by atoms with Gasteiger partial charge in [0, 0.05) is 12.1 Å². The molecule has 0 atom stereocenters. The molecule has 0 aliphatic rings. The first-order valence-corrected chi connectivity index (χ1v) is 9.34. The van der Waals surface area contributed by atoms with Crippen molar-refractivity contribution < 1.29 is 43.2 Å². The van der Waals surface area contributed by atoms with Crippen molar-refractivity contribution in [1.29, 1.82) is 0 Å². The third kappa shape index (κ3) is 6.81. The second kappa shape index (κ2) is 7.90. The summed E-state index contributed by atoms with van der Waals surface area (Å²) >= 11 is 0. The summed E-state index contributed by atoms with van der Waals surface area (Å²) < 4.78 is 108. The number of hydrogen-bond donors (Lipinski definition) is 2. The Labute approximate surface area is 139 Å². The van der Waals surface area contributed by atoms with Gasteiger partial charge in [0.25, 0.3) is 0 Å². The summed E-state index contributed by atoms with van der Waals surface area (Å²) in [5.74, 6) is 1.12. The number of alkyl halides is 6. The standard InChI is InChI=1S/C8H14N2.C2HF6NO4S2/c1-4-5-8-9-6(2)7(3)10-8;3-1(4,5)14(10,11)9-15(12,13)2(6,7)8/h4-5H2,1-3H3,(H,9,10);9H. The molecule has 1 aromatic heterocycles. The zero-order valence-corrected chi connectivity index (χ0v) is 14.7. The molecule has 0 spiro atoms. The summed E-state index contributed by atoms with van der Waals surface area (Å²) in [6, 6.07) is 0. The van der Waals surface area contributed by atoms with Gasteiger partial charge in [-0.05, 0) is 20.3 Å². The van der Waals surface area contributed by atoms with Gasteiger partial charge in [0.15, 0.2) is 0 Å². The van der Waals surface area contributed by atoms with E-state index in [0.717, 1.165) is 24.4 Å². The first-order chi connectivity index (χ1) is 10.9. The normalized spacial score (nSPS) is 13.3. The summed E-state index contributed by atoms with van der Waals surface area (Å²) in [6.07, 6.45) is 2.22. The molecule has 7 nitrogen and oxygen atoms in total. The van der Waals surface area contributed by atoms with E-state index in [0.29, 0.717) is 0 Å². The average molecular weight is 419 g/mol. The van der Waals surface area contributed by atoms with Crippen molar-refractivity contribution >= 4 is 20.0 Å². The number of sulfonamides is 2. The zero-order chi connectivity index (χ0) is 20.3. The van der Waals surface area contributed by atoms with Crippen LogP contribution in [0, 0.1) is 13.8 Å². The van der Waals surface area contributed by atoms with E-state index in [1.165, 1.54) is 5.69 Å². The molecular weight excluding hydrogens is 404 g/mol. The van der Waals surface area contributed by atoms with Crippen molar-refractivity contribution in [3.05, 3.63) is 17.2 Å². The van der Waals surface area contributed by atoms with Crippen LogP contribution >= 0.6 is 0 Å². The Hall–Kier alpha value is -1.35. The van der Waals surface area contributed by atoms with Crippen LogP contribution in [0.25, 0.3) is 0 Å². The van der Waals surface area contributed by atoms with Gasteiger partial charge in [-0.1, -0.05) is 11.1 Å². The van der Waals surface area contributed by atoms with Crippen LogP contribution in [0.1, 0.15) is 30.6 Å². The van der Waals surface area contributed by atoms with E-state index in [9.17, 15) is 43.2 Å². The van der Waals surface area contributed by atoms with Crippen LogP contribution in [-0.4, -0.2) is 37.8 Å². The van der Waals surface area contributed by atoms with Crippen LogP contribution < -0.4 is 4.13 Å². The lowest BCUT2D eigenvalue weighted by atomic mass is 10.3. The lowest BCUT2D eigenvalue weighted by molar-refractivity contribution is -0.0476. The van der Waals surface area contributed by atoms with E-state index in [1.54, 1.807) is 0 Å². The minimum absolute atomic E-state index is 0.493. The number of nitrogens with one attached hydrogen (secondary N) is 2. The molecule has 0 saturated carbocycles. The van der Waals surface area contributed by atoms with E-state index >= 15 is 0 Å². The Morgan fingerprint density at radius 3 is 1.60 bits per heavy atom. The van der Waals surface area contributed by atoms with E-state index in [-0.39, 0.29) is 0 Å². The molecule has 1 rings (SSSR count). The van der Waals surface area contributed by atoms with Gasteiger partial charge >= 0.3 is 31.1 Å². The highest BCUT2D eigenvalue weighted by Gasteiger charge is 2.55. The molecule has 0 bridgehead atoms. The summed E-state index contributed by atoms with van der Waals surface area (Å²) in [6.45, 7) is 6.25. The number of aryl methyl sites for hydroxylation is 3. The monoisotopic (exact) mass is 419 g/mol. The SMILES string of the molecule is CCCc1nc(C)c(C)[nH]1.O=S(=O)(NS(=O)(=O)C(F)(F)F)C(F)(F)F. The number of aromatic amines is 1. The van der Waals surface area contributed by atoms with E-state index < -0.39 is 35.2 Å². The van der Waals surface area contributed by atoms with Gasteiger partial charge < -0.3 is 4.98 Å². The number of imidazole rings is 1. The topological polar surface area (TPSA) is 109 Å². The number of aromatic nitrogens is 2. The smallest absolute Gasteiger partial charge is 0.346 e. The molecule has 0 fully saturated rings. The predicted octanol–water partition coefficient (Wildman–Crippen LogP) is 2.25. The zero-order valence-electron chi connectivity index (χ0n) is 13.1. The Balaban J connectivity index is 0.000000496. The third-order valence-corrected chi connectivity index (χ3v) is 5.47.